The lowest BCUT2D eigenvalue weighted by atomic mass is 10.1. The number of nitrogens with one attached hydrogen (secondary N) is 1. The highest BCUT2D eigenvalue weighted by atomic mass is 32.1. The summed E-state index contributed by atoms with van der Waals surface area (Å²) in [5.74, 6) is -1.99. The van der Waals surface area contributed by atoms with E-state index < -0.39 is 17.7 Å². The monoisotopic (exact) mass is 348 g/mol. The van der Waals surface area contributed by atoms with E-state index in [9.17, 15) is 14.0 Å². The SMILES string of the molecule is Cc1nc(C2CCCC2)sc1C(=O)Nc1ccc(C(=O)O)cc1F. The molecule has 3 rings (SSSR count). The molecule has 7 heteroatoms. The molecular formula is C17H17FN2O3S. The van der Waals surface area contributed by atoms with E-state index >= 15 is 0 Å². The first-order valence-corrected chi connectivity index (χ1v) is 8.59. The van der Waals surface area contributed by atoms with Gasteiger partial charge in [0.2, 0.25) is 0 Å². The molecule has 1 aliphatic carbocycles. The van der Waals surface area contributed by atoms with Gasteiger partial charge in [-0.25, -0.2) is 14.2 Å². The van der Waals surface area contributed by atoms with E-state index in [0.29, 0.717) is 16.5 Å². The zero-order valence-corrected chi connectivity index (χ0v) is 14.0. The summed E-state index contributed by atoms with van der Waals surface area (Å²) in [4.78, 5) is 28.2. The third-order valence-corrected chi connectivity index (χ3v) is 5.51. The van der Waals surface area contributed by atoms with Crippen LogP contribution in [-0.2, 0) is 0 Å². The van der Waals surface area contributed by atoms with Gasteiger partial charge in [0.1, 0.15) is 10.7 Å². The average molecular weight is 348 g/mol. The molecule has 1 amide bonds. The molecular weight excluding hydrogens is 331 g/mol. The molecule has 0 atom stereocenters. The summed E-state index contributed by atoms with van der Waals surface area (Å²) in [5.41, 5.74) is 0.435. The number of aromatic carboxylic acids is 1. The van der Waals surface area contributed by atoms with Crippen molar-refractivity contribution in [2.24, 2.45) is 0 Å². The number of carboxylic acids is 1. The van der Waals surface area contributed by atoms with Gasteiger partial charge in [-0.15, -0.1) is 11.3 Å². The summed E-state index contributed by atoms with van der Waals surface area (Å²) in [6.45, 7) is 1.77. The maximum atomic E-state index is 13.9. The first-order chi connectivity index (χ1) is 11.5. The van der Waals surface area contributed by atoms with Gasteiger partial charge < -0.3 is 10.4 Å². The predicted molar refractivity (Wildman–Crippen MR) is 89.4 cm³/mol. The Kier molecular flexibility index (Phi) is 4.62. The second-order valence-corrected chi connectivity index (χ2v) is 6.93. The number of aromatic nitrogens is 1. The molecule has 0 bridgehead atoms. The van der Waals surface area contributed by atoms with Gasteiger partial charge in [-0.2, -0.15) is 0 Å². The quantitative estimate of drug-likeness (QED) is 0.868. The lowest BCUT2D eigenvalue weighted by Crippen LogP contribution is -2.13. The minimum Gasteiger partial charge on any atom is -0.478 e. The number of anilines is 1. The van der Waals surface area contributed by atoms with Gasteiger partial charge in [0.15, 0.2) is 0 Å². The molecule has 1 heterocycles. The number of halogens is 1. The fourth-order valence-corrected chi connectivity index (χ4v) is 4.04. The molecule has 5 nitrogen and oxygen atoms in total. The molecule has 0 unspecified atom stereocenters. The van der Waals surface area contributed by atoms with Gasteiger partial charge in [-0.1, -0.05) is 12.8 Å². The highest BCUT2D eigenvalue weighted by molar-refractivity contribution is 7.14. The van der Waals surface area contributed by atoms with Crippen LogP contribution in [0.5, 0.6) is 0 Å². The van der Waals surface area contributed by atoms with E-state index in [-0.39, 0.29) is 11.3 Å². The van der Waals surface area contributed by atoms with Gasteiger partial charge >= 0.3 is 5.97 Å². The lowest BCUT2D eigenvalue weighted by Gasteiger charge is -2.06. The van der Waals surface area contributed by atoms with Crippen LogP contribution in [0.3, 0.4) is 0 Å². The Hall–Kier alpha value is -2.28. The largest absolute Gasteiger partial charge is 0.478 e. The van der Waals surface area contributed by atoms with E-state index in [1.54, 1.807) is 6.92 Å². The summed E-state index contributed by atoms with van der Waals surface area (Å²) in [6, 6.07) is 3.40. The summed E-state index contributed by atoms with van der Waals surface area (Å²) in [6.07, 6.45) is 4.57. The Bertz CT molecular complexity index is 797. The second-order valence-electron chi connectivity index (χ2n) is 5.90. The molecule has 1 fully saturated rings. The zero-order valence-electron chi connectivity index (χ0n) is 13.1. The highest BCUT2D eigenvalue weighted by Gasteiger charge is 2.24. The van der Waals surface area contributed by atoms with E-state index in [1.807, 2.05) is 0 Å². The number of benzene rings is 1. The van der Waals surface area contributed by atoms with Gasteiger partial charge in [-0.05, 0) is 38.0 Å². The topological polar surface area (TPSA) is 79.3 Å². The second kappa shape index (κ2) is 6.68. The van der Waals surface area contributed by atoms with Crippen molar-refractivity contribution in [3.05, 3.63) is 45.2 Å². The van der Waals surface area contributed by atoms with Crippen molar-refractivity contribution in [3.8, 4) is 0 Å². The normalized spacial score (nSPS) is 14.8. The number of rotatable bonds is 4. The standard InChI is InChI=1S/C17H17FN2O3S/c1-9-14(24-16(19-9)10-4-2-3-5-10)15(21)20-13-7-6-11(17(22)23)8-12(13)18/h6-8,10H,2-5H2,1H3,(H,20,21)(H,22,23). The molecule has 1 saturated carbocycles. The van der Waals surface area contributed by atoms with Crippen LogP contribution in [0, 0.1) is 12.7 Å². The van der Waals surface area contributed by atoms with Crippen LogP contribution in [0.15, 0.2) is 18.2 Å². The van der Waals surface area contributed by atoms with Crippen LogP contribution < -0.4 is 5.32 Å². The van der Waals surface area contributed by atoms with Crippen molar-refractivity contribution < 1.29 is 19.1 Å². The van der Waals surface area contributed by atoms with E-state index in [2.05, 4.69) is 10.3 Å². The summed E-state index contributed by atoms with van der Waals surface area (Å²) >= 11 is 1.36. The van der Waals surface area contributed by atoms with Gasteiger partial charge in [0, 0.05) is 5.92 Å². The number of amides is 1. The molecule has 2 aromatic rings. The first-order valence-electron chi connectivity index (χ1n) is 7.77. The molecule has 24 heavy (non-hydrogen) atoms. The smallest absolute Gasteiger partial charge is 0.335 e. The van der Waals surface area contributed by atoms with Crippen LogP contribution in [0.4, 0.5) is 10.1 Å². The molecule has 1 aromatic heterocycles. The van der Waals surface area contributed by atoms with Gasteiger partial charge in [-0.3, -0.25) is 4.79 Å². The third kappa shape index (κ3) is 3.31. The van der Waals surface area contributed by atoms with Crippen molar-refractivity contribution in [1.29, 1.82) is 0 Å². The number of thiazole rings is 1. The molecule has 0 aliphatic heterocycles. The molecule has 1 aliphatic rings. The Labute approximate surface area is 142 Å². The number of hydrogen-bond acceptors (Lipinski definition) is 4. The van der Waals surface area contributed by atoms with Crippen LogP contribution >= 0.6 is 11.3 Å². The number of carboxylic acid groups (broad SMARTS) is 1. The van der Waals surface area contributed by atoms with Crippen LogP contribution in [0.2, 0.25) is 0 Å². The molecule has 2 N–H and O–H groups in total. The van der Waals surface area contributed by atoms with Crippen molar-refractivity contribution in [2.45, 2.75) is 38.5 Å². The summed E-state index contributed by atoms with van der Waals surface area (Å²) in [7, 11) is 0. The Morgan fingerprint density at radius 3 is 2.67 bits per heavy atom. The highest BCUT2D eigenvalue weighted by Crippen LogP contribution is 2.37. The van der Waals surface area contributed by atoms with Crippen LogP contribution in [-0.4, -0.2) is 22.0 Å². The zero-order chi connectivity index (χ0) is 17.3. The Morgan fingerprint density at radius 1 is 1.33 bits per heavy atom. The summed E-state index contributed by atoms with van der Waals surface area (Å²) in [5, 5.41) is 12.3. The number of hydrogen-bond donors (Lipinski definition) is 2. The molecule has 0 saturated heterocycles. The number of carbonyl (C=O) groups excluding carboxylic acids is 1. The predicted octanol–water partition coefficient (Wildman–Crippen LogP) is 4.20. The maximum Gasteiger partial charge on any atom is 0.335 e. The lowest BCUT2D eigenvalue weighted by molar-refractivity contribution is 0.0696. The Morgan fingerprint density at radius 2 is 2.04 bits per heavy atom. The maximum absolute atomic E-state index is 13.9. The number of carbonyl (C=O) groups is 2. The van der Waals surface area contributed by atoms with Crippen molar-refractivity contribution in [3.63, 3.8) is 0 Å². The average Bonchev–Trinajstić information content (AvgIpc) is 3.18. The third-order valence-electron chi connectivity index (χ3n) is 4.19. The molecule has 126 valence electrons. The number of aryl methyl sites for hydroxylation is 1. The van der Waals surface area contributed by atoms with Crippen molar-refractivity contribution >= 4 is 28.9 Å². The fourth-order valence-electron chi connectivity index (χ4n) is 2.90. The van der Waals surface area contributed by atoms with Crippen LogP contribution in [0.1, 0.15) is 62.3 Å². The van der Waals surface area contributed by atoms with Crippen molar-refractivity contribution in [1.82, 2.24) is 4.98 Å². The van der Waals surface area contributed by atoms with Crippen molar-refractivity contribution in [2.75, 3.05) is 5.32 Å². The molecule has 1 aromatic carbocycles. The Balaban J connectivity index is 1.79. The van der Waals surface area contributed by atoms with E-state index in [4.69, 9.17) is 5.11 Å². The number of nitrogens with zero attached hydrogens (tertiary/aromatic N) is 1. The van der Waals surface area contributed by atoms with E-state index in [0.717, 1.165) is 23.9 Å². The minimum atomic E-state index is -1.22. The fraction of sp³-hybridized carbons (Fsp3) is 0.353. The van der Waals surface area contributed by atoms with Gasteiger partial charge in [0.05, 0.1) is 22.0 Å². The van der Waals surface area contributed by atoms with E-state index in [1.165, 1.54) is 36.3 Å². The van der Waals surface area contributed by atoms with Crippen LogP contribution in [0.25, 0.3) is 0 Å². The first kappa shape index (κ1) is 16.6. The molecule has 0 radical (unpaired) electrons. The van der Waals surface area contributed by atoms with Gasteiger partial charge in [0.25, 0.3) is 5.91 Å². The molecule has 0 spiro atoms. The minimum absolute atomic E-state index is 0.0415. The summed E-state index contributed by atoms with van der Waals surface area (Å²) < 4.78 is 13.9.